The molecule has 2 aromatic carbocycles. The van der Waals surface area contributed by atoms with Crippen LogP contribution in [0, 0.1) is 0 Å². The molecule has 28 heavy (non-hydrogen) atoms. The smallest absolute Gasteiger partial charge is 0.250 e. The summed E-state index contributed by atoms with van der Waals surface area (Å²) >= 11 is 6.10. The van der Waals surface area contributed by atoms with Crippen molar-refractivity contribution >= 4 is 38.9 Å². The van der Waals surface area contributed by atoms with Gasteiger partial charge in [0.2, 0.25) is 10.0 Å². The fourth-order valence-electron chi connectivity index (χ4n) is 3.71. The molecule has 2 aromatic rings. The number of fused-ring (bicyclic) bond motifs is 1. The summed E-state index contributed by atoms with van der Waals surface area (Å²) in [6, 6.07) is 11.3. The van der Waals surface area contributed by atoms with E-state index in [0.29, 0.717) is 10.8 Å². The average Bonchev–Trinajstić information content (AvgIpc) is 2.96. The number of benzene rings is 2. The number of hydrogen-bond acceptors (Lipinski definition) is 4. The van der Waals surface area contributed by atoms with Gasteiger partial charge in [0.25, 0.3) is 5.91 Å². The molecule has 0 fully saturated rings. The van der Waals surface area contributed by atoms with Gasteiger partial charge in [-0.2, -0.15) is 0 Å². The number of para-hydroxylation sites is 1. The number of halogens is 1. The van der Waals surface area contributed by atoms with Crippen molar-refractivity contribution in [1.29, 1.82) is 0 Å². The van der Waals surface area contributed by atoms with Gasteiger partial charge in [0.05, 0.1) is 19.1 Å². The van der Waals surface area contributed by atoms with Crippen LogP contribution in [0.25, 0.3) is 0 Å². The van der Waals surface area contributed by atoms with Crippen LogP contribution < -0.4 is 13.9 Å². The first kappa shape index (κ1) is 20.5. The normalized spacial score (nSPS) is 17.2. The number of anilines is 2. The van der Waals surface area contributed by atoms with Crippen LogP contribution in [-0.4, -0.2) is 39.8 Å². The molecule has 6 nitrogen and oxygen atoms in total. The number of nitrogens with zero attached hydrogens (tertiary/aromatic N) is 2. The molecule has 1 aliphatic rings. The lowest BCUT2D eigenvalue weighted by molar-refractivity contribution is -0.119. The minimum Gasteiger partial charge on any atom is -0.495 e. The zero-order chi connectivity index (χ0) is 20.6. The van der Waals surface area contributed by atoms with Gasteiger partial charge in [0.15, 0.2) is 0 Å². The maximum Gasteiger partial charge on any atom is 0.250 e. The van der Waals surface area contributed by atoms with Crippen LogP contribution in [0.2, 0.25) is 5.02 Å². The topological polar surface area (TPSA) is 66.9 Å². The minimum atomic E-state index is -3.79. The molecule has 1 heterocycles. The van der Waals surface area contributed by atoms with E-state index in [1.807, 2.05) is 31.2 Å². The Morgan fingerprint density at radius 2 is 1.96 bits per heavy atom. The van der Waals surface area contributed by atoms with E-state index in [1.165, 1.54) is 13.2 Å². The quantitative estimate of drug-likeness (QED) is 0.739. The second kappa shape index (κ2) is 7.64. The lowest BCUT2D eigenvalue weighted by Crippen LogP contribution is -2.51. The highest BCUT2D eigenvalue weighted by molar-refractivity contribution is 7.92. The number of hydrogen-bond donors (Lipinski definition) is 0. The predicted molar refractivity (Wildman–Crippen MR) is 112 cm³/mol. The average molecular weight is 423 g/mol. The molecular weight excluding hydrogens is 400 g/mol. The molecule has 1 aliphatic heterocycles. The monoisotopic (exact) mass is 422 g/mol. The van der Waals surface area contributed by atoms with Gasteiger partial charge in [0.1, 0.15) is 11.8 Å². The minimum absolute atomic E-state index is 0.0602. The molecule has 0 unspecified atom stereocenters. The van der Waals surface area contributed by atoms with Gasteiger partial charge in [-0.3, -0.25) is 9.10 Å². The van der Waals surface area contributed by atoms with Gasteiger partial charge >= 0.3 is 0 Å². The van der Waals surface area contributed by atoms with E-state index in [9.17, 15) is 13.2 Å². The summed E-state index contributed by atoms with van der Waals surface area (Å²) < 4.78 is 31.7. The van der Waals surface area contributed by atoms with Gasteiger partial charge < -0.3 is 9.64 Å². The number of rotatable bonds is 5. The van der Waals surface area contributed by atoms with Crippen LogP contribution in [0.5, 0.6) is 5.75 Å². The Morgan fingerprint density at radius 3 is 2.61 bits per heavy atom. The molecule has 0 saturated heterocycles. The molecule has 0 spiro atoms. The van der Waals surface area contributed by atoms with Crippen molar-refractivity contribution in [2.45, 2.75) is 32.4 Å². The molecule has 0 aromatic heterocycles. The van der Waals surface area contributed by atoms with Gasteiger partial charge in [-0.25, -0.2) is 8.42 Å². The molecule has 0 N–H and O–H groups in total. The molecule has 0 saturated carbocycles. The van der Waals surface area contributed by atoms with Crippen LogP contribution in [0.15, 0.2) is 42.5 Å². The van der Waals surface area contributed by atoms with Crippen molar-refractivity contribution in [2.75, 3.05) is 22.6 Å². The molecule has 0 aliphatic carbocycles. The summed E-state index contributed by atoms with van der Waals surface area (Å²) in [6.07, 6.45) is 1.80. The standard InChI is InChI=1S/C20H23ClN2O4S/c1-13-11-15-7-5-6-8-17(15)22(13)20(24)14(2)23(28(4,25)26)18-12-16(21)9-10-19(18)27-3/h5-10,12-14H,11H2,1-4H3/t13-,14+/m0/s1. The first-order chi connectivity index (χ1) is 13.1. The van der Waals surface area contributed by atoms with Crippen molar-refractivity contribution < 1.29 is 17.9 Å². The van der Waals surface area contributed by atoms with E-state index < -0.39 is 16.1 Å². The van der Waals surface area contributed by atoms with Crippen molar-refractivity contribution in [3.05, 3.63) is 53.1 Å². The fraction of sp³-hybridized carbons (Fsp3) is 0.350. The van der Waals surface area contributed by atoms with Gasteiger partial charge in [-0.05, 0) is 50.1 Å². The highest BCUT2D eigenvalue weighted by Gasteiger charge is 2.38. The third-order valence-electron chi connectivity index (χ3n) is 4.89. The molecule has 150 valence electrons. The third kappa shape index (κ3) is 3.69. The SMILES string of the molecule is COc1ccc(Cl)cc1N([C@H](C)C(=O)N1c2ccccc2C[C@@H]1C)S(C)(=O)=O. The second-order valence-electron chi connectivity index (χ2n) is 6.94. The molecule has 2 atom stereocenters. The number of sulfonamides is 1. The number of amides is 1. The zero-order valence-electron chi connectivity index (χ0n) is 16.2. The largest absolute Gasteiger partial charge is 0.495 e. The van der Waals surface area contributed by atoms with Crippen LogP contribution in [0.4, 0.5) is 11.4 Å². The summed E-state index contributed by atoms with van der Waals surface area (Å²) in [4.78, 5) is 15.1. The van der Waals surface area contributed by atoms with E-state index in [-0.39, 0.29) is 17.6 Å². The maximum atomic E-state index is 13.4. The predicted octanol–water partition coefficient (Wildman–Crippen LogP) is 3.48. The number of carbonyl (C=O) groups is 1. The Morgan fingerprint density at radius 1 is 1.29 bits per heavy atom. The molecule has 0 bridgehead atoms. The van der Waals surface area contributed by atoms with Crippen molar-refractivity contribution in [1.82, 2.24) is 0 Å². The summed E-state index contributed by atoms with van der Waals surface area (Å²) in [5.41, 5.74) is 2.12. The van der Waals surface area contributed by atoms with E-state index in [4.69, 9.17) is 16.3 Å². The molecule has 1 amide bonds. The fourth-order valence-corrected chi connectivity index (χ4v) is 5.04. The van der Waals surface area contributed by atoms with Crippen molar-refractivity contribution in [2.24, 2.45) is 0 Å². The van der Waals surface area contributed by atoms with Gasteiger partial charge in [0, 0.05) is 16.8 Å². The lowest BCUT2D eigenvalue weighted by Gasteiger charge is -2.33. The Hall–Kier alpha value is -2.25. The Bertz CT molecular complexity index is 1010. The van der Waals surface area contributed by atoms with E-state index in [1.54, 1.807) is 24.0 Å². The number of carbonyl (C=O) groups excluding carboxylic acids is 1. The maximum absolute atomic E-state index is 13.4. The van der Waals surface area contributed by atoms with Crippen LogP contribution in [0.1, 0.15) is 19.4 Å². The van der Waals surface area contributed by atoms with Crippen LogP contribution >= 0.6 is 11.6 Å². The van der Waals surface area contributed by atoms with E-state index in [0.717, 1.165) is 28.2 Å². The number of ether oxygens (including phenoxy) is 1. The third-order valence-corrected chi connectivity index (χ3v) is 6.35. The van der Waals surface area contributed by atoms with Crippen molar-refractivity contribution in [3.8, 4) is 5.75 Å². The Kier molecular flexibility index (Phi) is 5.59. The van der Waals surface area contributed by atoms with Gasteiger partial charge in [-0.1, -0.05) is 29.8 Å². The molecular formula is C20H23ClN2O4S. The summed E-state index contributed by atoms with van der Waals surface area (Å²) in [5.74, 6) is 0.0225. The second-order valence-corrected chi connectivity index (χ2v) is 9.24. The van der Waals surface area contributed by atoms with E-state index >= 15 is 0 Å². The Balaban J connectivity index is 2.06. The Labute approximate surface area is 170 Å². The molecule has 3 rings (SSSR count). The summed E-state index contributed by atoms with van der Waals surface area (Å²) in [5, 5.41) is 0.351. The highest BCUT2D eigenvalue weighted by atomic mass is 35.5. The summed E-state index contributed by atoms with van der Waals surface area (Å²) in [6.45, 7) is 3.53. The lowest BCUT2D eigenvalue weighted by atomic mass is 10.1. The molecule has 8 heteroatoms. The summed E-state index contributed by atoms with van der Waals surface area (Å²) in [7, 11) is -2.35. The van der Waals surface area contributed by atoms with E-state index in [2.05, 4.69) is 0 Å². The number of methoxy groups -OCH3 is 1. The zero-order valence-corrected chi connectivity index (χ0v) is 17.8. The van der Waals surface area contributed by atoms with Crippen LogP contribution in [-0.2, 0) is 21.2 Å². The van der Waals surface area contributed by atoms with Crippen molar-refractivity contribution in [3.63, 3.8) is 0 Å². The van der Waals surface area contributed by atoms with Gasteiger partial charge in [-0.15, -0.1) is 0 Å². The first-order valence-corrected chi connectivity index (χ1v) is 11.1. The first-order valence-electron chi connectivity index (χ1n) is 8.89. The van der Waals surface area contributed by atoms with Crippen LogP contribution in [0.3, 0.4) is 0 Å². The highest BCUT2D eigenvalue weighted by Crippen LogP contribution is 2.37. The molecule has 0 radical (unpaired) electrons.